The SMILES string of the molecule is CC1=C(c2ccc(C3=C(C)SCS3)cc2)SCS1. The summed E-state index contributed by atoms with van der Waals surface area (Å²) >= 11 is 7.84. The van der Waals surface area contributed by atoms with E-state index in [1.54, 1.807) is 0 Å². The van der Waals surface area contributed by atoms with Crippen molar-refractivity contribution < 1.29 is 0 Å². The van der Waals surface area contributed by atoms with E-state index in [0.717, 1.165) is 0 Å². The van der Waals surface area contributed by atoms with Crippen LogP contribution < -0.4 is 0 Å². The molecule has 1 aromatic carbocycles. The van der Waals surface area contributed by atoms with Gasteiger partial charge in [0.25, 0.3) is 0 Å². The average molecular weight is 311 g/mol. The summed E-state index contributed by atoms with van der Waals surface area (Å²) in [6.45, 7) is 4.45. The lowest BCUT2D eigenvalue weighted by Gasteiger charge is -2.06. The second-order valence-electron chi connectivity index (χ2n) is 4.16. The van der Waals surface area contributed by atoms with Gasteiger partial charge in [-0.15, -0.1) is 47.0 Å². The van der Waals surface area contributed by atoms with E-state index in [-0.39, 0.29) is 0 Å². The van der Waals surface area contributed by atoms with E-state index in [4.69, 9.17) is 0 Å². The number of thioether (sulfide) groups is 4. The highest BCUT2D eigenvalue weighted by Gasteiger charge is 2.16. The molecule has 0 atom stereocenters. The molecule has 2 heterocycles. The molecule has 0 unspecified atom stereocenters. The Hall–Kier alpha value is 0.1000. The molecule has 0 bridgehead atoms. The van der Waals surface area contributed by atoms with Crippen molar-refractivity contribution in [3.8, 4) is 0 Å². The molecule has 1 aromatic rings. The monoisotopic (exact) mass is 310 g/mol. The summed E-state index contributed by atoms with van der Waals surface area (Å²) in [6, 6.07) is 9.10. The maximum atomic E-state index is 2.27. The van der Waals surface area contributed by atoms with E-state index in [1.165, 1.54) is 40.9 Å². The van der Waals surface area contributed by atoms with Gasteiger partial charge in [-0.05, 0) is 34.8 Å². The van der Waals surface area contributed by atoms with Crippen molar-refractivity contribution >= 4 is 56.9 Å². The van der Waals surface area contributed by atoms with E-state index >= 15 is 0 Å². The standard InChI is InChI=1S/C14H14S4/c1-9-13(17-7-15-9)11-3-5-12(6-4-11)14-10(2)16-8-18-14/h3-6H,7-8H2,1-2H3. The highest BCUT2D eigenvalue weighted by molar-refractivity contribution is 8.26. The lowest BCUT2D eigenvalue weighted by molar-refractivity contribution is 1.58. The molecule has 0 spiro atoms. The van der Waals surface area contributed by atoms with Crippen LogP contribution in [0.5, 0.6) is 0 Å². The largest absolute Gasteiger partial charge is 0.118 e. The molecule has 0 saturated heterocycles. The van der Waals surface area contributed by atoms with Crippen LogP contribution in [0.15, 0.2) is 34.1 Å². The number of benzene rings is 1. The van der Waals surface area contributed by atoms with Crippen LogP contribution in [0.1, 0.15) is 25.0 Å². The van der Waals surface area contributed by atoms with Crippen molar-refractivity contribution in [3.63, 3.8) is 0 Å². The lowest BCUT2D eigenvalue weighted by Crippen LogP contribution is -1.83. The Morgan fingerprint density at radius 3 is 1.33 bits per heavy atom. The van der Waals surface area contributed by atoms with Crippen molar-refractivity contribution in [2.75, 3.05) is 10.2 Å². The van der Waals surface area contributed by atoms with Crippen molar-refractivity contribution in [2.45, 2.75) is 13.8 Å². The van der Waals surface area contributed by atoms with Crippen molar-refractivity contribution in [3.05, 3.63) is 45.2 Å². The summed E-state index contributed by atoms with van der Waals surface area (Å²) in [6.07, 6.45) is 0. The second kappa shape index (κ2) is 5.61. The Morgan fingerprint density at radius 1 is 0.667 bits per heavy atom. The Bertz CT molecular complexity index is 476. The van der Waals surface area contributed by atoms with Gasteiger partial charge < -0.3 is 0 Å². The maximum Gasteiger partial charge on any atom is 0.0484 e. The van der Waals surface area contributed by atoms with Gasteiger partial charge in [0.15, 0.2) is 0 Å². The van der Waals surface area contributed by atoms with Gasteiger partial charge in [-0.2, -0.15) is 0 Å². The minimum absolute atomic E-state index is 1.17. The normalized spacial score (nSPS) is 20.1. The minimum Gasteiger partial charge on any atom is -0.118 e. The maximum absolute atomic E-state index is 2.27. The molecule has 0 fully saturated rings. The van der Waals surface area contributed by atoms with E-state index in [1.807, 2.05) is 47.0 Å². The van der Waals surface area contributed by atoms with Crippen molar-refractivity contribution in [2.24, 2.45) is 0 Å². The van der Waals surface area contributed by atoms with Crippen LogP contribution in [0.4, 0.5) is 0 Å². The zero-order chi connectivity index (χ0) is 12.5. The lowest BCUT2D eigenvalue weighted by atomic mass is 10.1. The smallest absolute Gasteiger partial charge is 0.0484 e. The van der Waals surface area contributed by atoms with E-state index in [9.17, 15) is 0 Å². The summed E-state index contributed by atoms with van der Waals surface area (Å²) in [5, 5.41) is 2.33. The molecule has 2 aliphatic rings. The molecule has 0 aromatic heterocycles. The first-order valence-electron chi connectivity index (χ1n) is 5.79. The second-order valence-corrected chi connectivity index (χ2v) is 9.24. The molecule has 0 N–H and O–H groups in total. The number of hydrogen-bond donors (Lipinski definition) is 0. The van der Waals surface area contributed by atoms with Gasteiger partial charge in [-0.3, -0.25) is 0 Å². The molecule has 0 saturated carbocycles. The van der Waals surface area contributed by atoms with E-state index < -0.39 is 0 Å². The van der Waals surface area contributed by atoms with Crippen LogP contribution in [0, 0.1) is 0 Å². The highest BCUT2D eigenvalue weighted by atomic mass is 32.2. The average Bonchev–Trinajstić information content (AvgIpc) is 2.98. The first-order valence-corrected chi connectivity index (χ1v) is 9.73. The molecule has 0 radical (unpaired) electrons. The van der Waals surface area contributed by atoms with Crippen molar-refractivity contribution in [1.82, 2.24) is 0 Å². The third kappa shape index (κ3) is 2.53. The van der Waals surface area contributed by atoms with E-state index in [2.05, 4.69) is 38.1 Å². The minimum atomic E-state index is 1.17. The Labute approximate surface area is 125 Å². The first-order chi connectivity index (χ1) is 8.75. The molecule has 2 aliphatic heterocycles. The van der Waals surface area contributed by atoms with Gasteiger partial charge in [0, 0.05) is 20.0 Å². The molecule has 4 heteroatoms. The quantitative estimate of drug-likeness (QED) is 0.662. The Morgan fingerprint density at radius 2 is 1.06 bits per heavy atom. The van der Waals surface area contributed by atoms with Crippen molar-refractivity contribution in [1.29, 1.82) is 0 Å². The predicted molar refractivity (Wildman–Crippen MR) is 91.7 cm³/mol. The summed E-state index contributed by atoms with van der Waals surface area (Å²) in [4.78, 5) is 5.86. The summed E-state index contributed by atoms with van der Waals surface area (Å²) in [5.74, 6) is 0. The Kier molecular flexibility index (Phi) is 4.09. The van der Waals surface area contributed by atoms with E-state index in [0.29, 0.717) is 0 Å². The van der Waals surface area contributed by atoms with Crippen LogP contribution >= 0.6 is 47.0 Å². The molecule has 3 rings (SSSR count). The third-order valence-corrected chi connectivity index (χ3v) is 8.09. The van der Waals surface area contributed by atoms with Crippen LogP contribution in [-0.2, 0) is 0 Å². The van der Waals surface area contributed by atoms with Gasteiger partial charge in [0.1, 0.15) is 0 Å². The fourth-order valence-corrected chi connectivity index (χ4v) is 7.08. The molecule has 0 aliphatic carbocycles. The predicted octanol–water partition coefficient (Wildman–Crippen LogP) is 5.94. The number of hydrogen-bond acceptors (Lipinski definition) is 4. The molecule has 18 heavy (non-hydrogen) atoms. The first kappa shape index (κ1) is 13.1. The summed E-state index contributed by atoms with van der Waals surface area (Å²) < 4.78 is 0. The molecular weight excluding hydrogens is 296 g/mol. The van der Waals surface area contributed by atoms with Crippen LogP contribution in [0.25, 0.3) is 9.81 Å². The summed E-state index contributed by atoms with van der Waals surface area (Å²) in [5.41, 5.74) is 2.75. The molecule has 0 amide bonds. The molecular formula is C14H14S4. The van der Waals surface area contributed by atoms with Gasteiger partial charge in [0.2, 0.25) is 0 Å². The number of allylic oxidation sites excluding steroid dienone is 2. The van der Waals surface area contributed by atoms with Gasteiger partial charge in [-0.25, -0.2) is 0 Å². The summed E-state index contributed by atoms with van der Waals surface area (Å²) in [7, 11) is 0. The Balaban J connectivity index is 1.90. The molecule has 0 nitrogen and oxygen atoms in total. The van der Waals surface area contributed by atoms with Gasteiger partial charge in [-0.1, -0.05) is 24.3 Å². The zero-order valence-electron chi connectivity index (χ0n) is 10.4. The fraction of sp³-hybridized carbons (Fsp3) is 0.286. The fourth-order valence-electron chi connectivity index (χ4n) is 2.03. The third-order valence-electron chi connectivity index (χ3n) is 3.01. The zero-order valence-corrected chi connectivity index (χ0v) is 13.6. The van der Waals surface area contributed by atoms with Crippen LogP contribution in [-0.4, -0.2) is 10.2 Å². The number of rotatable bonds is 2. The highest BCUT2D eigenvalue weighted by Crippen LogP contribution is 2.47. The molecule has 94 valence electrons. The van der Waals surface area contributed by atoms with Crippen LogP contribution in [0.3, 0.4) is 0 Å². The van der Waals surface area contributed by atoms with Gasteiger partial charge >= 0.3 is 0 Å². The topological polar surface area (TPSA) is 0 Å². The van der Waals surface area contributed by atoms with Crippen LogP contribution in [0.2, 0.25) is 0 Å². The van der Waals surface area contributed by atoms with Gasteiger partial charge in [0.05, 0.1) is 0 Å².